The van der Waals surface area contributed by atoms with Crippen LogP contribution in [0.25, 0.3) is 11.0 Å². The van der Waals surface area contributed by atoms with Crippen molar-refractivity contribution in [3.8, 4) is 0 Å². The molecule has 2 heterocycles. The highest BCUT2D eigenvalue weighted by Crippen LogP contribution is 2.41. The number of oxazole rings is 1. The molecule has 1 N–H and O–H groups in total. The van der Waals surface area contributed by atoms with E-state index in [1.807, 2.05) is 31.2 Å². The van der Waals surface area contributed by atoms with Crippen LogP contribution >= 0.6 is 0 Å². The summed E-state index contributed by atoms with van der Waals surface area (Å²) in [6.45, 7) is 2.48. The molecule has 0 radical (unpaired) electrons. The van der Waals surface area contributed by atoms with E-state index in [4.69, 9.17) is 4.42 Å². The molecule has 1 aliphatic rings. The number of rotatable bonds is 5. The first-order chi connectivity index (χ1) is 12.1. The molecule has 1 saturated carbocycles. The van der Waals surface area contributed by atoms with Crippen molar-refractivity contribution in [2.75, 3.05) is 5.32 Å². The SMILES string of the molecule is CCn1c(NC(=O)c2oc(C3CC3)nc2C(F)F)nc2ccccc21. The maximum absolute atomic E-state index is 13.2. The number of aromatic nitrogens is 3. The van der Waals surface area contributed by atoms with Gasteiger partial charge in [0.25, 0.3) is 12.3 Å². The Kier molecular flexibility index (Phi) is 3.74. The molecule has 6 nitrogen and oxygen atoms in total. The monoisotopic (exact) mass is 346 g/mol. The van der Waals surface area contributed by atoms with Crippen molar-refractivity contribution in [3.63, 3.8) is 0 Å². The minimum Gasteiger partial charge on any atom is -0.435 e. The number of imidazole rings is 1. The predicted octanol–water partition coefficient (Wildman–Crippen LogP) is 4.11. The first-order valence-electron chi connectivity index (χ1n) is 8.13. The number of hydrogen-bond acceptors (Lipinski definition) is 4. The van der Waals surface area contributed by atoms with Crippen molar-refractivity contribution in [3.05, 3.63) is 41.6 Å². The number of carbonyl (C=O) groups excluding carboxylic acids is 1. The highest BCUT2D eigenvalue weighted by molar-refractivity contribution is 6.03. The summed E-state index contributed by atoms with van der Waals surface area (Å²) in [5.74, 6) is -0.659. The van der Waals surface area contributed by atoms with E-state index in [0.29, 0.717) is 18.0 Å². The number of para-hydroxylation sites is 2. The van der Waals surface area contributed by atoms with Crippen LogP contribution < -0.4 is 5.32 Å². The fourth-order valence-electron chi connectivity index (χ4n) is 2.81. The van der Waals surface area contributed by atoms with Crippen LogP contribution in [0.5, 0.6) is 0 Å². The summed E-state index contributed by atoms with van der Waals surface area (Å²) in [6, 6.07) is 7.41. The molecular weight excluding hydrogens is 330 g/mol. The van der Waals surface area contributed by atoms with E-state index < -0.39 is 23.8 Å². The van der Waals surface area contributed by atoms with Gasteiger partial charge in [0, 0.05) is 12.5 Å². The molecule has 25 heavy (non-hydrogen) atoms. The Hall–Kier alpha value is -2.77. The normalized spacial score (nSPS) is 14.4. The molecule has 2 aromatic heterocycles. The molecule has 0 bridgehead atoms. The third-order valence-electron chi connectivity index (χ3n) is 4.21. The van der Waals surface area contributed by atoms with Crippen LogP contribution in [-0.4, -0.2) is 20.4 Å². The fourth-order valence-corrected chi connectivity index (χ4v) is 2.81. The lowest BCUT2D eigenvalue weighted by Crippen LogP contribution is -2.17. The fraction of sp³-hybridized carbons (Fsp3) is 0.353. The van der Waals surface area contributed by atoms with Crippen molar-refractivity contribution in [2.24, 2.45) is 0 Å². The molecule has 0 aliphatic heterocycles. The van der Waals surface area contributed by atoms with Crippen LogP contribution in [0, 0.1) is 0 Å². The second-order valence-corrected chi connectivity index (χ2v) is 5.96. The number of amides is 1. The van der Waals surface area contributed by atoms with Crippen LogP contribution in [0.15, 0.2) is 28.7 Å². The summed E-state index contributed by atoms with van der Waals surface area (Å²) >= 11 is 0. The Morgan fingerprint density at radius 3 is 2.80 bits per heavy atom. The first kappa shape index (κ1) is 15.7. The van der Waals surface area contributed by atoms with Crippen molar-refractivity contribution in [1.82, 2.24) is 14.5 Å². The van der Waals surface area contributed by atoms with Gasteiger partial charge in [-0.05, 0) is 31.9 Å². The number of alkyl halides is 2. The summed E-state index contributed by atoms with van der Waals surface area (Å²) in [7, 11) is 0. The molecule has 130 valence electrons. The number of carbonyl (C=O) groups is 1. The van der Waals surface area contributed by atoms with Crippen LogP contribution in [-0.2, 0) is 6.54 Å². The first-order valence-corrected chi connectivity index (χ1v) is 8.13. The van der Waals surface area contributed by atoms with Gasteiger partial charge in [-0.2, -0.15) is 0 Å². The van der Waals surface area contributed by atoms with E-state index in [1.165, 1.54) is 0 Å². The predicted molar refractivity (Wildman–Crippen MR) is 86.8 cm³/mol. The molecule has 3 aromatic rings. The van der Waals surface area contributed by atoms with Gasteiger partial charge in [0.2, 0.25) is 11.7 Å². The van der Waals surface area contributed by atoms with Gasteiger partial charge in [-0.1, -0.05) is 12.1 Å². The van der Waals surface area contributed by atoms with Crippen LogP contribution in [0.4, 0.5) is 14.7 Å². The maximum Gasteiger partial charge on any atom is 0.295 e. The Balaban J connectivity index is 1.68. The topological polar surface area (TPSA) is 73.0 Å². The molecule has 1 amide bonds. The highest BCUT2D eigenvalue weighted by Gasteiger charge is 2.34. The molecule has 1 aromatic carbocycles. The van der Waals surface area contributed by atoms with E-state index in [-0.39, 0.29) is 11.8 Å². The zero-order chi connectivity index (χ0) is 17.6. The number of hydrogen-bond donors (Lipinski definition) is 1. The van der Waals surface area contributed by atoms with Gasteiger partial charge >= 0.3 is 0 Å². The van der Waals surface area contributed by atoms with Gasteiger partial charge in [-0.15, -0.1) is 0 Å². The van der Waals surface area contributed by atoms with Crippen LogP contribution in [0.2, 0.25) is 0 Å². The quantitative estimate of drug-likeness (QED) is 0.754. The number of aryl methyl sites for hydroxylation is 1. The average Bonchev–Trinajstić information content (AvgIpc) is 3.24. The second kappa shape index (κ2) is 5.94. The third-order valence-corrected chi connectivity index (χ3v) is 4.21. The summed E-state index contributed by atoms with van der Waals surface area (Å²) in [5.41, 5.74) is 0.953. The van der Waals surface area contributed by atoms with E-state index in [1.54, 1.807) is 4.57 Å². The van der Waals surface area contributed by atoms with E-state index in [9.17, 15) is 13.6 Å². The van der Waals surface area contributed by atoms with Gasteiger partial charge in [0.05, 0.1) is 11.0 Å². The largest absolute Gasteiger partial charge is 0.435 e. The van der Waals surface area contributed by atoms with E-state index >= 15 is 0 Å². The summed E-state index contributed by atoms with van der Waals surface area (Å²) in [6.07, 6.45) is -1.19. The smallest absolute Gasteiger partial charge is 0.295 e. The lowest BCUT2D eigenvalue weighted by Gasteiger charge is -2.06. The Morgan fingerprint density at radius 2 is 2.12 bits per heavy atom. The van der Waals surface area contributed by atoms with Crippen molar-refractivity contribution < 1.29 is 18.0 Å². The standard InChI is InChI=1S/C17H16F2N4O2/c1-2-23-11-6-4-3-5-10(11)20-17(23)22-15(24)13-12(14(18)19)21-16(25-13)9-7-8-9/h3-6,9,14H,2,7-8H2,1H3,(H,20,22,24). The molecule has 1 aliphatic carbocycles. The van der Waals surface area contributed by atoms with Gasteiger partial charge in [-0.3, -0.25) is 10.1 Å². The number of nitrogens with zero attached hydrogens (tertiary/aromatic N) is 3. The van der Waals surface area contributed by atoms with Gasteiger partial charge in [0.15, 0.2) is 11.6 Å². The highest BCUT2D eigenvalue weighted by atomic mass is 19.3. The minimum atomic E-state index is -2.87. The van der Waals surface area contributed by atoms with Crippen LogP contribution in [0.3, 0.4) is 0 Å². The van der Waals surface area contributed by atoms with Gasteiger partial charge in [0.1, 0.15) is 0 Å². The number of fused-ring (bicyclic) bond motifs is 1. The Morgan fingerprint density at radius 1 is 1.36 bits per heavy atom. The Bertz CT molecular complexity index is 943. The van der Waals surface area contributed by atoms with Gasteiger partial charge < -0.3 is 8.98 Å². The van der Waals surface area contributed by atoms with E-state index in [0.717, 1.165) is 18.4 Å². The van der Waals surface area contributed by atoms with Crippen molar-refractivity contribution >= 4 is 22.9 Å². The van der Waals surface area contributed by atoms with Crippen molar-refractivity contribution in [1.29, 1.82) is 0 Å². The summed E-state index contributed by atoms with van der Waals surface area (Å²) in [4.78, 5) is 20.7. The maximum atomic E-state index is 13.2. The minimum absolute atomic E-state index is 0.0410. The zero-order valence-corrected chi connectivity index (χ0v) is 13.5. The molecular formula is C17H16F2N4O2. The third kappa shape index (κ3) is 2.77. The number of anilines is 1. The van der Waals surface area contributed by atoms with E-state index in [2.05, 4.69) is 15.3 Å². The number of halogens is 2. The summed E-state index contributed by atoms with van der Waals surface area (Å²) in [5, 5.41) is 2.58. The molecule has 0 saturated heterocycles. The molecule has 8 heteroatoms. The molecule has 0 spiro atoms. The summed E-state index contributed by atoms with van der Waals surface area (Å²) < 4.78 is 33.6. The van der Waals surface area contributed by atoms with Crippen LogP contribution in [0.1, 0.15) is 54.2 Å². The lowest BCUT2D eigenvalue weighted by molar-refractivity contribution is 0.0974. The molecule has 0 atom stereocenters. The van der Waals surface area contributed by atoms with Gasteiger partial charge in [-0.25, -0.2) is 18.7 Å². The number of nitrogens with one attached hydrogen (secondary N) is 1. The zero-order valence-electron chi connectivity index (χ0n) is 13.5. The van der Waals surface area contributed by atoms with Crippen molar-refractivity contribution in [2.45, 2.75) is 38.7 Å². The second-order valence-electron chi connectivity index (χ2n) is 5.96. The number of benzene rings is 1. The Labute approximate surface area is 141 Å². The average molecular weight is 346 g/mol. The molecule has 4 rings (SSSR count). The lowest BCUT2D eigenvalue weighted by atomic mass is 10.3. The molecule has 0 unspecified atom stereocenters. The molecule has 1 fully saturated rings.